The molecule has 164 valence electrons. The normalized spacial score (nSPS) is 20.3. The standard InChI is InChI=1S/C18H40O6Si4/c1-25(2,3)20-13-14(22-26(4,5)6)16-15(19)17(23-27(7,8)9)18(21-16)24-28(10,11)12/h14,16H,13H2,1-12H3. The Morgan fingerprint density at radius 1 is 0.786 bits per heavy atom. The first-order chi connectivity index (χ1) is 12.3. The van der Waals surface area contributed by atoms with Gasteiger partial charge in [-0.25, -0.2) is 0 Å². The van der Waals surface area contributed by atoms with E-state index in [4.69, 9.17) is 22.4 Å². The van der Waals surface area contributed by atoms with Crippen molar-refractivity contribution < 1.29 is 27.2 Å². The number of Topliss-reactive ketones (excluding diaryl/α,β-unsaturated/α-hetero) is 1. The Kier molecular flexibility index (Phi) is 8.02. The summed E-state index contributed by atoms with van der Waals surface area (Å²) in [6.45, 7) is 25.3. The number of carbonyl (C=O) groups is 1. The third-order valence-corrected chi connectivity index (χ3v) is 6.89. The fourth-order valence-corrected chi connectivity index (χ4v) is 5.67. The molecule has 0 spiro atoms. The minimum Gasteiger partial charge on any atom is -0.537 e. The lowest BCUT2D eigenvalue weighted by Gasteiger charge is -2.32. The van der Waals surface area contributed by atoms with Crippen LogP contribution in [-0.2, 0) is 27.2 Å². The predicted octanol–water partition coefficient (Wildman–Crippen LogP) is 4.90. The van der Waals surface area contributed by atoms with Gasteiger partial charge in [0.15, 0.2) is 22.7 Å². The first kappa shape index (κ1) is 25.6. The summed E-state index contributed by atoms with van der Waals surface area (Å²) in [6.07, 6.45) is -1.27. The predicted molar refractivity (Wildman–Crippen MR) is 123 cm³/mol. The molecule has 0 bridgehead atoms. The van der Waals surface area contributed by atoms with Gasteiger partial charge < -0.3 is 22.4 Å². The highest BCUT2D eigenvalue weighted by molar-refractivity contribution is 6.71. The summed E-state index contributed by atoms with van der Waals surface area (Å²) in [5, 5.41) is 0. The molecule has 2 atom stereocenters. The second-order valence-corrected chi connectivity index (χ2v) is 29.0. The molecule has 0 aromatic heterocycles. The van der Waals surface area contributed by atoms with Crippen molar-refractivity contribution in [2.45, 2.75) is 90.8 Å². The van der Waals surface area contributed by atoms with Gasteiger partial charge in [-0.2, -0.15) is 0 Å². The highest BCUT2D eigenvalue weighted by Crippen LogP contribution is 2.32. The quantitative estimate of drug-likeness (QED) is 0.429. The number of rotatable bonds is 10. The molecule has 1 heterocycles. The van der Waals surface area contributed by atoms with E-state index >= 15 is 0 Å². The minimum absolute atomic E-state index is 0.196. The fraction of sp³-hybridized carbons (Fsp3) is 0.833. The van der Waals surface area contributed by atoms with Crippen molar-refractivity contribution in [1.82, 2.24) is 0 Å². The summed E-state index contributed by atoms with van der Waals surface area (Å²) in [7, 11) is -7.71. The molecule has 1 aliphatic rings. The molecular weight excluding hydrogens is 425 g/mol. The molecule has 0 saturated carbocycles. The van der Waals surface area contributed by atoms with E-state index in [0.717, 1.165) is 0 Å². The second-order valence-electron chi connectivity index (χ2n) is 11.1. The van der Waals surface area contributed by atoms with Crippen molar-refractivity contribution in [2.75, 3.05) is 6.61 Å². The number of hydrogen-bond donors (Lipinski definition) is 0. The fourth-order valence-electron chi connectivity index (χ4n) is 2.41. The number of hydrogen-bond acceptors (Lipinski definition) is 6. The van der Waals surface area contributed by atoms with Crippen LogP contribution in [0.4, 0.5) is 0 Å². The molecule has 0 amide bonds. The largest absolute Gasteiger partial charge is 0.537 e. The van der Waals surface area contributed by atoms with Crippen LogP contribution < -0.4 is 0 Å². The van der Waals surface area contributed by atoms with Gasteiger partial charge in [0, 0.05) is 0 Å². The van der Waals surface area contributed by atoms with E-state index in [2.05, 4.69) is 58.9 Å². The highest BCUT2D eigenvalue weighted by Gasteiger charge is 2.47. The van der Waals surface area contributed by atoms with Gasteiger partial charge in [-0.1, -0.05) is 0 Å². The summed E-state index contributed by atoms with van der Waals surface area (Å²) < 4.78 is 30.6. The Balaban J connectivity index is 3.17. The van der Waals surface area contributed by atoms with Gasteiger partial charge in [0.25, 0.3) is 0 Å². The molecule has 0 aliphatic carbocycles. The van der Waals surface area contributed by atoms with E-state index in [0.29, 0.717) is 6.61 Å². The monoisotopic (exact) mass is 464 g/mol. The van der Waals surface area contributed by atoms with E-state index in [1.807, 2.05) is 19.6 Å². The molecule has 2 unspecified atom stereocenters. The van der Waals surface area contributed by atoms with Gasteiger partial charge in [-0.15, -0.1) is 0 Å². The van der Waals surface area contributed by atoms with Gasteiger partial charge in [0.1, 0.15) is 6.10 Å². The van der Waals surface area contributed by atoms with Gasteiger partial charge in [0.05, 0.1) is 6.61 Å². The average Bonchev–Trinajstić information content (AvgIpc) is 2.67. The van der Waals surface area contributed by atoms with Gasteiger partial charge >= 0.3 is 5.95 Å². The zero-order chi connectivity index (χ0) is 22.1. The maximum atomic E-state index is 13.3. The van der Waals surface area contributed by atoms with Crippen LogP contribution in [0.2, 0.25) is 78.6 Å². The number of ketones is 1. The Bertz CT molecular complexity index is 593. The van der Waals surface area contributed by atoms with E-state index in [1.54, 1.807) is 0 Å². The highest BCUT2D eigenvalue weighted by atomic mass is 28.4. The summed E-state index contributed by atoms with van der Waals surface area (Å²) in [4.78, 5) is 13.3. The molecule has 0 saturated heterocycles. The third-order valence-electron chi connectivity index (χ3n) is 3.23. The summed E-state index contributed by atoms with van der Waals surface area (Å²) in [5.41, 5.74) is 0. The number of ether oxygens (including phenoxy) is 1. The van der Waals surface area contributed by atoms with E-state index < -0.39 is 45.5 Å². The molecule has 1 aliphatic heterocycles. The van der Waals surface area contributed by atoms with Crippen molar-refractivity contribution in [1.29, 1.82) is 0 Å². The van der Waals surface area contributed by atoms with Crippen LogP contribution in [0, 0.1) is 0 Å². The van der Waals surface area contributed by atoms with Gasteiger partial charge in [-0.3, -0.25) is 4.79 Å². The zero-order valence-corrected chi connectivity index (χ0v) is 23.8. The number of carbonyl (C=O) groups excluding carboxylic acids is 1. The van der Waals surface area contributed by atoms with Crippen LogP contribution >= 0.6 is 0 Å². The maximum Gasteiger partial charge on any atom is 0.313 e. The van der Waals surface area contributed by atoms with Gasteiger partial charge in [0.2, 0.25) is 28.2 Å². The zero-order valence-electron chi connectivity index (χ0n) is 19.8. The molecule has 0 aromatic carbocycles. The summed E-state index contributed by atoms with van der Waals surface area (Å²) >= 11 is 0. The third kappa shape index (κ3) is 9.40. The molecule has 0 radical (unpaired) electrons. The summed E-state index contributed by atoms with van der Waals surface area (Å²) in [6, 6.07) is 0. The van der Waals surface area contributed by atoms with Gasteiger partial charge in [-0.05, 0) is 78.6 Å². The van der Waals surface area contributed by atoms with Crippen molar-refractivity contribution in [2.24, 2.45) is 0 Å². The molecule has 6 nitrogen and oxygen atoms in total. The Morgan fingerprint density at radius 3 is 1.68 bits per heavy atom. The molecule has 10 heteroatoms. The van der Waals surface area contributed by atoms with Crippen molar-refractivity contribution in [3.8, 4) is 0 Å². The van der Waals surface area contributed by atoms with Crippen LogP contribution in [0.15, 0.2) is 11.7 Å². The lowest BCUT2D eigenvalue weighted by Crippen LogP contribution is -2.47. The first-order valence-electron chi connectivity index (χ1n) is 9.92. The maximum absolute atomic E-state index is 13.3. The van der Waals surface area contributed by atoms with E-state index in [-0.39, 0.29) is 17.5 Å². The van der Waals surface area contributed by atoms with Crippen molar-refractivity contribution in [3.63, 3.8) is 0 Å². The molecule has 0 fully saturated rings. The summed E-state index contributed by atoms with van der Waals surface area (Å²) in [5.74, 6) is 0.260. The average molecular weight is 465 g/mol. The Morgan fingerprint density at radius 2 is 1.29 bits per heavy atom. The van der Waals surface area contributed by atoms with E-state index in [1.165, 1.54) is 0 Å². The smallest absolute Gasteiger partial charge is 0.313 e. The van der Waals surface area contributed by atoms with Crippen molar-refractivity contribution >= 4 is 39.1 Å². The molecule has 0 aromatic rings. The van der Waals surface area contributed by atoms with Crippen LogP contribution in [0.5, 0.6) is 0 Å². The van der Waals surface area contributed by atoms with Crippen LogP contribution in [0.3, 0.4) is 0 Å². The molecule has 0 N–H and O–H groups in total. The minimum atomic E-state index is -2.02. The van der Waals surface area contributed by atoms with Crippen molar-refractivity contribution in [3.05, 3.63) is 11.7 Å². The lowest BCUT2D eigenvalue weighted by atomic mass is 10.1. The molecule has 28 heavy (non-hydrogen) atoms. The van der Waals surface area contributed by atoms with Crippen LogP contribution in [0.1, 0.15) is 0 Å². The second kappa shape index (κ2) is 8.76. The Hall–Kier alpha value is -0.402. The van der Waals surface area contributed by atoms with E-state index in [9.17, 15) is 4.79 Å². The van der Waals surface area contributed by atoms with Crippen LogP contribution in [-0.4, -0.2) is 57.9 Å². The van der Waals surface area contributed by atoms with Crippen LogP contribution in [0.25, 0.3) is 0 Å². The SMILES string of the molecule is C[Si](C)(C)OCC(O[Si](C)(C)C)C1OC(O[Si](C)(C)C)=C(O[Si](C)(C)C)C1=O. The first-order valence-corrected chi connectivity index (χ1v) is 23.6. The Labute approximate surface area is 175 Å². The lowest BCUT2D eigenvalue weighted by molar-refractivity contribution is -0.129. The molecular formula is C18H40O6Si4. The topological polar surface area (TPSA) is 63.2 Å². The molecule has 1 rings (SSSR count).